The summed E-state index contributed by atoms with van der Waals surface area (Å²) in [6, 6.07) is 7.96. The van der Waals surface area contributed by atoms with Gasteiger partial charge in [0.2, 0.25) is 0 Å². The number of nitrogens with one attached hydrogen (secondary N) is 3. The number of fused-ring (bicyclic) bond motifs is 2. The Morgan fingerprint density at radius 1 is 1.26 bits per heavy atom. The number of amides is 1. The van der Waals surface area contributed by atoms with E-state index in [1.54, 1.807) is 6.21 Å². The van der Waals surface area contributed by atoms with Gasteiger partial charge in [-0.05, 0) is 31.7 Å². The van der Waals surface area contributed by atoms with E-state index in [-0.39, 0.29) is 5.91 Å². The fourth-order valence-corrected chi connectivity index (χ4v) is 3.08. The average Bonchev–Trinajstić information content (AvgIpc) is 3.19. The Morgan fingerprint density at radius 3 is 3.09 bits per heavy atom. The van der Waals surface area contributed by atoms with E-state index in [9.17, 15) is 4.79 Å². The van der Waals surface area contributed by atoms with Gasteiger partial charge in [0.05, 0.1) is 6.21 Å². The van der Waals surface area contributed by atoms with Crippen LogP contribution < -0.4 is 5.43 Å². The first-order chi connectivity index (χ1) is 11.3. The van der Waals surface area contributed by atoms with Crippen molar-refractivity contribution in [1.29, 1.82) is 0 Å². The molecule has 3 N–H and O–H groups in total. The van der Waals surface area contributed by atoms with Crippen molar-refractivity contribution in [2.45, 2.75) is 25.7 Å². The highest BCUT2D eigenvalue weighted by molar-refractivity contribution is 6.00. The molecule has 0 spiro atoms. The molecule has 6 nitrogen and oxygen atoms in total. The third-order valence-corrected chi connectivity index (χ3v) is 4.26. The zero-order valence-electron chi connectivity index (χ0n) is 12.6. The zero-order valence-corrected chi connectivity index (χ0v) is 12.6. The molecule has 1 aliphatic carbocycles. The van der Waals surface area contributed by atoms with E-state index in [1.165, 1.54) is 0 Å². The van der Waals surface area contributed by atoms with Gasteiger partial charge in [-0.1, -0.05) is 18.2 Å². The number of benzene rings is 1. The van der Waals surface area contributed by atoms with E-state index in [0.29, 0.717) is 5.69 Å². The summed E-state index contributed by atoms with van der Waals surface area (Å²) in [5, 5.41) is 12.3. The minimum absolute atomic E-state index is 0.263. The second kappa shape index (κ2) is 5.72. The number of para-hydroxylation sites is 1. The fourth-order valence-electron chi connectivity index (χ4n) is 3.08. The van der Waals surface area contributed by atoms with Crippen molar-refractivity contribution >= 4 is 23.0 Å². The maximum atomic E-state index is 12.3. The molecule has 0 saturated carbocycles. The fraction of sp³-hybridized carbons (Fsp3) is 0.235. The molecule has 0 unspecified atom stereocenters. The van der Waals surface area contributed by atoms with Crippen molar-refractivity contribution in [3.8, 4) is 0 Å². The predicted octanol–water partition coefficient (Wildman–Crippen LogP) is 2.53. The monoisotopic (exact) mass is 307 g/mol. The maximum Gasteiger partial charge on any atom is 0.292 e. The van der Waals surface area contributed by atoms with Crippen molar-refractivity contribution in [2.75, 3.05) is 0 Å². The Bertz CT molecular complexity index is 889. The van der Waals surface area contributed by atoms with Gasteiger partial charge < -0.3 is 4.98 Å². The van der Waals surface area contributed by atoms with Crippen LogP contribution >= 0.6 is 0 Å². The second-order valence-corrected chi connectivity index (χ2v) is 5.73. The quantitative estimate of drug-likeness (QED) is 0.513. The molecule has 0 bridgehead atoms. The van der Waals surface area contributed by atoms with Crippen LogP contribution in [0.3, 0.4) is 0 Å². The zero-order chi connectivity index (χ0) is 15.6. The third kappa shape index (κ3) is 2.52. The number of carbonyl (C=O) groups excluding carboxylic acids is 1. The summed E-state index contributed by atoms with van der Waals surface area (Å²) in [6.45, 7) is 0. The van der Waals surface area contributed by atoms with E-state index in [0.717, 1.165) is 53.4 Å². The number of carbonyl (C=O) groups is 1. The Balaban J connectivity index is 1.50. The van der Waals surface area contributed by atoms with Crippen molar-refractivity contribution in [3.63, 3.8) is 0 Å². The Morgan fingerprint density at radius 2 is 2.13 bits per heavy atom. The second-order valence-electron chi connectivity index (χ2n) is 5.73. The molecule has 3 aromatic rings. The first kappa shape index (κ1) is 13.8. The highest BCUT2D eigenvalue weighted by Gasteiger charge is 2.21. The lowest BCUT2D eigenvalue weighted by Crippen LogP contribution is -2.20. The lowest BCUT2D eigenvalue weighted by atomic mass is 9.96. The molecule has 0 fully saturated rings. The van der Waals surface area contributed by atoms with Crippen LogP contribution in [-0.4, -0.2) is 27.3 Å². The summed E-state index contributed by atoms with van der Waals surface area (Å²) >= 11 is 0. The predicted molar refractivity (Wildman–Crippen MR) is 88.6 cm³/mol. The molecule has 2 aromatic heterocycles. The molecule has 0 saturated heterocycles. The van der Waals surface area contributed by atoms with E-state index in [1.807, 2.05) is 30.5 Å². The first-order valence-electron chi connectivity index (χ1n) is 7.78. The number of H-pyrrole nitrogens is 2. The van der Waals surface area contributed by atoms with E-state index >= 15 is 0 Å². The molecular weight excluding hydrogens is 290 g/mol. The van der Waals surface area contributed by atoms with Crippen LogP contribution in [0.4, 0.5) is 0 Å². The molecule has 23 heavy (non-hydrogen) atoms. The number of aromatic nitrogens is 3. The molecule has 0 atom stereocenters. The van der Waals surface area contributed by atoms with Crippen LogP contribution in [0.5, 0.6) is 0 Å². The standard InChI is InChI=1S/C17H17N5O/c23-17(16-13-6-2-4-8-15(13)20-21-16)22-19-10-11-9-18-14-7-3-1-5-12(11)14/h1,3,5,7,9-10,18H,2,4,6,8H2,(H,20,21)(H,22,23)/b19-10+. The Hall–Kier alpha value is -2.89. The van der Waals surface area contributed by atoms with Crippen molar-refractivity contribution in [2.24, 2.45) is 5.10 Å². The van der Waals surface area contributed by atoms with Gasteiger partial charge in [-0.3, -0.25) is 9.89 Å². The summed E-state index contributed by atoms with van der Waals surface area (Å²) < 4.78 is 0. The molecule has 116 valence electrons. The third-order valence-electron chi connectivity index (χ3n) is 4.26. The molecular formula is C17H17N5O. The first-order valence-corrected chi connectivity index (χ1v) is 7.78. The molecule has 1 amide bonds. The van der Waals surface area contributed by atoms with Crippen LogP contribution in [-0.2, 0) is 12.8 Å². The molecule has 1 aliphatic rings. The number of nitrogens with zero attached hydrogens (tertiary/aromatic N) is 2. The number of hydrogen-bond acceptors (Lipinski definition) is 3. The number of aromatic amines is 2. The molecule has 0 aliphatic heterocycles. The average molecular weight is 307 g/mol. The largest absolute Gasteiger partial charge is 0.361 e. The summed E-state index contributed by atoms with van der Waals surface area (Å²) in [6.07, 6.45) is 7.64. The van der Waals surface area contributed by atoms with Gasteiger partial charge in [0, 0.05) is 33.9 Å². The highest BCUT2D eigenvalue weighted by atomic mass is 16.2. The van der Waals surface area contributed by atoms with Gasteiger partial charge in [0.15, 0.2) is 5.69 Å². The van der Waals surface area contributed by atoms with Crippen LogP contribution in [0.1, 0.15) is 40.2 Å². The number of hydrazone groups is 1. The van der Waals surface area contributed by atoms with Gasteiger partial charge in [0.25, 0.3) is 5.91 Å². The Labute approximate surface area is 133 Å². The van der Waals surface area contributed by atoms with Gasteiger partial charge >= 0.3 is 0 Å². The van der Waals surface area contributed by atoms with Gasteiger partial charge in [-0.2, -0.15) is 10.2 Å². The molecule has 2 heterocycles. The lowest BCUT2D eigenvalue weighted by molar-refractivity contribution is 0.0949. The van der Waals surface area contributed by atoms with E-state index in [4.69, 9.17) is 0 Å². The van der Waals surface area contributed by atoms with Crippen molar-refractivity contribution < 1.29 is 4.79 Å². The number of aryl methyl sites for hydroxylation is 1. The number of rotatable bonds is 3. The van der Waals surface area contributed by atoms with Crippen LogP contribution in [0.15, 0.2) is 35.6 Å². The topological polar surface area (TPSA) is 85.9 Å². The normalized spacial score (nSPS) is 14.3. The highest BCUT2D eigenvalue weighted by Crippen LogP contribution is 2.22. The van der Waals surface area contributed by atoms with E-state index in [2.05, 4.69) is 25.7 Å². The number of hydrogen-bond donors (Lipinski definition) is 3. The molecule has 4 rings (SSSR count). The van der Waals surface area contributed by atoms with Crippen molar-refractivity contribution in [1.82, 2.24) is 20.6 Å². The summed E-state index contributed by atoms with van der Waals surface area (Å²) in [7, 11) is 0. The lowest BCUT2D eigenvalue weighted by Gasteiger charge is -2.10. The van der Waals surface area contributed by atoms with Crippen LogP contribution in [0, 0.1) is 0 Å². The van der Waals surface area contributed by atoms with Gasteiger partial charge in [-0.25, -0.2) is 5.43 Å². The minimum Gasteiger partial charge on any atom is -0.361 e. The summed E-state index contributed by atoms with van der Waals surface area (Å²) in [4.78, 5) is 15.4. The van der Waals surface area contributed by atoms with Crippen LogP contribution in [0.2, 0.25) is 0 Å². The van der Waals surface area contributed by atoms with Gasteiger partial charge in [0.1, 0.15) is 0 Å². The Kier molecular flexibility index (Phi) is 3.42. The summed E-state index contributed by atoms with van der Waals surface area (Å²) in [5.41, 5.74) is 7.14. The molecule has 1 aromatic carbocycles. The van der Waals surface area contributed by atoms with E-state index < -0.39 is 0 Å². The van der Waals surface area contributed by atoms with Gasteiger partial charge in [-0.15, -0.1) is 0 Å². The van der Waals surface area contributed by atoms with Crippen LogP contribution in [0.25, 0.3) is 10.9 Å². The maximum absolute atomic E-state index is 12.3. The SMILES string of the molecule is O=C(N/N=C/c1c[nH]c2ccccc12)c1n[nH]c2c1CCCC2. The molecule has 0 radical (unpaired) electrons. The van der Waals surface area contributed by atoms with Crippen molar-refractivity contribution in [3.05, 3.63) is 53.0 Å². The summed E-state index contributed by atoms with van der Waals surface area (Å²) in [5.74, 6) is -0.263. The molecule has 6 heteroatoms. The smallest absolute Gasteiger partial charge is 0.292 e. The minimum atomic E-state index is -0.263.